The normalized spacial score (nSPS) is 12.1. The first-order valence-corrected chi connectivity index (χ1v) is 13.1. The van der Waals surface area contributed by atoms with Crippen molar-refractivity contribution >= 4 is 45.0 Å². The van der Waals surface area contributed by atoms with Crippen LogP contribution < -0.4 is 0 Å². The molecule has 12 heteroatoms. The number of nitrogens with zero attached hydrogens (tertiary/aromatic N) is 8. The summed E-state index contributed by atoms with van der Waals surface area (Å²) in [5.74, 6) is -1.62. The van der Waals surface area contributed by atoms with Crippen molar-refractivity contribution in [1.82, 2.24) is 18.9 Å². The van der Waals surface area contributed by atoms with E-state index in [1.54, 1.807) is 21.3 Å². The summed E-state index contributed by atoms with van der Waals surface area (Å²) < 4.78 is 3.35. The van der Waals surface area contributed by atoms with Crippen molar-refractivity contribution in [3.8, 4) is 11.8 Å². The molecule has 0 atom stereocenters. The fraction of sp³-hybridized carbons (Fsp3) is 0.200. The minimum atomic E-state index is -0.699. The third-order valence-corrected chi connectivity index (χ3v) is 6.52. The molecular weight excluding hydrogens is 536 g/mol. The van der Waals surface area contributed by atoms with Gasteiger partial charge in [0.15, 0.2) is 11.4 Å². The predicted molar refractivity (Wildman–Crippen MR) is 159 cm³/mol. The number of hydrogen-bond donors (Lipinski definition) is 2. The maximum absolute atomic E-state index is 12.9. The van der Waals surface area contributed by atoms with Crippen LogP contribution in [0.15, 0.2) is 93.3 Å². The fourth-order valence-corrected chi connectivity index (χ4v) is 4.68. The van der Waals surface area contributed by atoms with Gasteiger partial charge in [-0.05, 0) is 58.5 Å². The minimum Gasteiger partial charge on any atom is -0.493 e. The summed E-state index contributed by atoms with van der Waals surface area (Å²) in [6.07, 6.45) is 0. The smallest absolute Gasteiger partial charge is 0.295 e. The summed E-state index contributed by atoms with van der Waals surface area (Å²) >= 11 is 0. The Bertz CT molecular complexity index is 1740. The topological polar surface area (TPSA) is 140 Å². The summed E-state index contributed by atoms with van der Waals surface area (Å²) in [7, 11) is 7.50. The second kappa shape index (κ2) is 11.7. The van der Waals surface area contributed by atoms with Gasteiger partial charge in [-0.1, -0.05) is 42.5 Å². The average molecular weight is 567 g/mol. The van der Waals surface area contributed by atoms with Gasteiger partial charge in [0.2, 0.25) is 11.8 Å². The summed E-state index contributed by atoms with van der Waals surface area (Å²) in [6.45, 7) is 0.810. The molecule has 2 amide bonds. The molecule has 0 fully saturated rings. The van der Waals surface area contributed by atoms with Crippen molar-refractivity contribution in [1.29, 1.82) is 0 Å². The van der Waals surface area contributed by atoms with E-state index >= 15 is 0 Å². The third kappa shape index (κ3) is 5.53. The lowest BCUT2D eigenvalue weighted by atomic mass is 10.1. The molecule has 12 nitrogen and oxygen atoms in total. The van der Waals surface area contributed by atoms with Crippen LogP contribution in [0.1, 0.15) is 20.7 Å². The number of hydrogen-bond acceptors (Lipinski definition) is 8. The van der Waals surface area contributed by atoms with Crippen LogP contribution in [0.3, 0.4) is 0 Å². The van der Waals surface area contributed by atoms with E-state index in [4.69, 9.17) is 0 Å². The number of amides is 2. The third-order valence-electron chi connectivity index (χ3n) is 6.52. The Balaban J connectivity index is 1.40. The molecule has 5 rings (SSSR count). The van der Waals surface area contributed by atoms with Crippen LogP contribution >= 0.6 is 0 Å². The molecule has 5 aromatic rings. The lowest BCUT2D eigenvalue weighted by Gasteiger charge is -2.12. The van der Waals surface area contributed by atoms with Crippen molar-refractivity contribution in [2.75, 3.05) is 28.2 Å². The van der Waals surface area contributed by atoms with Gasteiger partial charge in [-0.15, -0.1) is 20.5 Å². The molecule has 0 aliphatic carbocycles. The van der Waals surface area contributed by atoms with Gasteiger partial charge >= 0.3 is 0 Å². The van der Waals surface area contributed by atoms with Crippen LogP contribution in [0, 0.1) is 0 Å². The van der Waals surface area contributed by atoms with Gasteiger partial charge < -0.3 is 10.2 Å². The zero-order chi connectivity index (χ0) is 30.0. The molecule has 2 heterocycles. The first kappa shape index (κ1) is 28.3. The van der Waals surface area contributed by atoms with Gasteiger partial charge in [-0.3, -0.25) is 28.5 Å². The predicted octanol–water partition coefficient (Wildman–Crippen LogP) is 5.89. The number of fused-ring (bicyclic) bond motifs is 2. The SMILES string of the molecule is CN(C)Cn1c(O)c(N=NC(=O)c2cccc(C(=O)N=Nc3c(O)n(CN(C)C)c4ccccc34)c2)c2ccccc21. The van der Waals surface area contributed by atoms with Gasteiger partial charge in [-0.25, -0.2) is 0 Å². The van der Waals surface area contributed by atoms with E-state index in [1.807, 2.05) is 74.4 Å². The van der Waals surface area contributed by atoms with E-state index < -0.39 is 11.8 Å². The highest BCUT2D eigenvalue weighted by molar-refractivity contribution is 6.01. The second-order valence-corrected chi connectivity index (χ2v) is 10.3. The molecule has 2 N–H and O–H groups in total. The zero-order valence-corrected chi connectivity index (χ0v) is 23.6. The van der Waals surface area contributed by atoms with Crippen LogP contribution in [-0.2, 0) is 13.3 Å². The molecule has 0 unspecified atom stereocenters. The Morgan fingerprint density at radius 2 is 1.05 bits per heavy atom. The summed E-state index contributed by atoms with van der Waals surface area (Å²) in [5.41, 5.74) is 2.08. The molecular formula is C30H30N8O4. The Morgan fingerprint density at radius 3 is 1.45 bits per heavy atom. The van der Waals surface area contributed by atoms with E-state index in [2.05, 4.69) is 20.5 Å². The quantitative estimate of drug-likeness (QED) is 0.224. The van der Waals surface area contributed by atoms with E-state index in [1.165, 1.54) is 24.3 Å². The van der Waals surface area contributed by atoms with E-state index in [0.29, 0.717) is 24.1 Å². The summed E-state index contributed by atoms with van der Waals surface area (Å²) in [5, 5.41) is 38.8. The van der Waals surface area contributed by atoms with Crippen molar-refractivity contribution in [2.45, 2.75) is 13.3 Å². The molecule has 0 saturated carbocycles. The minimum absolute atomic E-state index is 0.110. The summed E-state index contributed by atoms with van der Waals surface area (Å²) in [6, 6.07) is 20.5. The van der Waals surface area contributed by atoms with Crippen molar-refractivity contribution < 1.29 is 19.8 Å². The van der Waals surface area contributed by atoms with Crippen LogP contribution in [-0.4, -0.2) is 69.2 Å². The maximum Gasteiger partial charge on any atom is 0.295 e. The highest BCUT2D eigenvalue weighted by atomic mass is 16.3. The number of rotatable bonds is 8. The van der Waals surface area contributed by atoms with Gasteiger partial charge in [0, 0.05) is 21.9 Å². The Kier molecular flexibility index (Phi) is 7.91. The largest absolute Gasteiger partial charge is 0.493 e. The lowest BCUT2D eigenvalue weighted by Crippen LogP contribution is -2.16. The Morgan fingerprint density at radius 1 is 0.643 bits per heavy atom. The van der Waals surface area contributed by atoms with Crippen LogP contribution in [0.2, 0.25) is 0 Å². The Labute approximate surface area is 241 Å². The molecule has 0 aliphatic heterocycles. The van der Waals surface area contributed by atoms with Crippen molar-refractivity contribution in [3.63, 3.8) is 0 Å². The lowest BCUT2D eigenvalue weighted by molar-refractivity contribution is 0.0994. The van der Waals surface area contributed by atoms with Crippen molar-refractivity contribution in [2.24, 2.45) is 20.5 Å². The number of aromatic hydroxyl groups is 2. The standard InChI is InChI=1S/C30H30N8O4/c1-35(2)17-37-23-14-7-5-12-21(23)25(29(37)41)31-33-27(39)19-10-9-11-20(16-19)28(40)34-32-26-22-13-6-8-15-24(22)38(30(26)42)18-36(3)4/h5-16,41-42H,17-18H2,1-4H3. The maximum atomic E-state index is 12.9. The molecule has 0 radical (unpaired) electrons. The summed E-state index contributed by atoms with van der Waals surface area (Å²) in [4.78, 5) is 29.6. The monoisotopic (exact) mass is 566 g/mol. The van der Waals surface area contributed by atoms with Crippen LogP contribution in [0.25, 0.3) is 21.8 Å². The van der Waals surface area contributed by atoms with Gasteiger partial charge in [0.1, 0.15) is 0 Å². The van der Waals surface area contributed by atoms with E-state index in [-0.39, 0.29) is 34.3 Å². The highest BCUT2D eigenvalue weighted by Crippen LogP contribution is 2.40. The van der Waals surface area contributed by atoms with E-state index in [9.17, 15) is 19.8 Å². The fourth-order valence-electron chi connectivity index (χ4n) is 4.68. The van der Waals surface area contributed by atoms with Crippen molar-refractivity contribution in [3.05, 3.63) is 83.9 Å². The highest BCUT2D eigenvalue weighted by Gasteiger charge is 2.19. The molecule has 214 valence electrons. The van der Waals surface area contributed by atoms with Crippen LogP contribution in [0.5, 0.6) is 11.8 Å². The number of para-hydroxylation sites is 2. The molecule has 2 aromatic heterocycles. The number of carbonyl (C=O) groups is 2. The number of aromatic nitrogens is 2. The van der Waals surface area contributed by atoms with Gasteiger partial charge in [-0.2, -0.15) is 0 Å². The molecule has 3 aromatic carbocycles. The van der Waals surface area contributed by atoms with Crippen LogP contribution in [0.4, 0.5) is 11.4 Å². The number of carbonyl (C=O) groups excluding carboxylic acids is 2. The first-order chi connectivity index (χ1) is 20.2. The van der Waals surface area contributed by atoms with Gasteiger partial charge in [0.25, 0.3) is 11.8 Å². The first-order valence-electron chi connectivity index (χ1n) is 13.1. The molecule has 0 bridgehead atoms. The second-order valence-electron chi connectivity index (χ2n) is 10.3. The zero-order valence-electron chi connectivity index (χ0n) is 23.6. The molecule has 0 aliphatic rings. The van der Waals surface area contributed by atoms with E-state index in [0.717, 1.165) is 11.0 Å². The number of benzene rings is 3. The molecule has 0 saturated heterocycles. The molecule has 0 spiro atoms. The average Bonchev–Trinajstić information content (AvgIpc) is 3.39. The molecule has 42 heavy (non-hydrogen) atoms. The van der Waals surface area contributed by atoms with Gasteiger partial charge in [0.05, 0.1) is 24.4 Å². The number of azo groups is 2. The Hall–Kier alpha value is -5.20.